The van der Waals surface area contributed by atoms with Crippen LogP contribution in [0.1, 0.15) is 54.8 Å². The van der Waals surface area contributed by atoms with E-state index in [1.54, 1.807) is 22.7 Å². The lowest BCUT2D eigenvalue weighted by Crippen LogP contribution is -2.15. The number of nitrogens with zero attached hydrogens (tertiary/aromatic N) is 6. The van der Waals surface area contributed by atoms with Crippen LogP contribution in [0, 0.1) is 6.92 Å². The van der Waals surface area contributed by atoms with Gasteiger partial charge in [-0.2, -0.15) is 38.4 Å². The van der Waals surface area contributed by atoms with Crippen molar-refractivity contribution in [2.45, 2.75) is 60.3 Å². The molecule has 430 valence electrons. The largest absolute Gasteiger partial charge is 0.485 e. The molecule has 0 unspecified atom stereocenters. The molecule has 0 N–H and O–H groups in total. The van der Waals surface area contributed by atoms with Crippen LogP contribution in [0.4, 0.5) is 0 Å². The third-order valence-electron chi connectivity index (χ3n) is 12.7. The molecule has 18 nitrogen and oxygen atoms in total. The molecule has 0 atom stereocenters. The molecule has 12 rings (SSSR count). The third kappa shape index (κ3) is 16.2. The number of carbonyl (C=O) groups excluding carboxylic acids is 8. The summed E-state index contributed by atoms with van der Waals surface area (Å²) in [7, 11) is 0. The summed E-state index contributed by atoms with van der Waals surface area (Å²) in [6.45, 7) is 12.9. The van der Waals surface area contributed by atoms with Gasteiger partial charge in [0.2, 0.25) is 0 Å². The average Bonchev–Trinajstić information content (AvgIpc) is 2.98. The van der Waals surface area contributed by atoms with Gasteiger partial charge in [-0.05, 0) is 163 Å². The van der Waals surface area contributed by atoms with E-state index in [0.29, 0.717) is 26.4 Å². The van der Waals surface area contributed by atoms with Crippen molar-refractivity contribution in [3.8, 4) is 109 Å². The molecular formula is C63H52N6O12S4. The first-order valence-corrected chi connectivity index (χ1v) is 29.6. The van der Waals surface area contributed by atoms with E-state index in [1.165, 1.54) is 47.3 Å². The van der Waals surface area contributed by atoms with Crippen LogP contribution >= 0.6 is 45.3 Å². The second-order valence-electron chi connectivity index (χ2n) is 17.8. The molecule has 0 saturated heterocycles. The van der Waals surface area contributed by atoms with E-state index in [0.717, 1.165) is 114 Å². The topological polar surface area (TPSA) is 251 Å². The van der Waals surface area contributed by atoms with Crippen molar-refractivity contribution in [1.82, 2.24) is 29.9 Å². The molecule has 10 aromatic rings. The van der Waals surface area contributed by atoms with Gasteiger partial charge in [0.05, 0.1) is 60.2 Å². The maximum atomic E-state index is 8.12. The Morgan fingerprint density at radius 1 is 0.388 bits per heavy atom. The van der Waals surface area contributed by atoms with Crippen molar-refractivity contribution < 1.29 is 57.3 Å². The van der Waals surface area contributed by atoms with Crippen LogP contribution in [0.15, 0.2) is 127 Å². The van der Waals surface area contributed by atoms with E-state index >= 15 is 0 Å². The van der Waals surface area contributed by atoms with Gasteiger partial charge in [0.15, 0.2) is 23.0 Å². The second-order valence-corrected chi connectivity index (χ2v) is 22.1. The molecule has 12 heterocycles. The fourth-order valence-electron chi connectivity index (χ4n) is 8.71. The molecule has 22 heteroatoms. The van der Waals surface area contributed by atoms with Crippen LogP contribution in [0.3, 0.4) is 0 Å². The van der Waals surface area contributed by atoms with Crippen LogP contribution in [0.5, 0.6) is 23.0 Å². The van der Waals surface area contributed by atoms with E-state index in [4.69, 9.17) is 72.3 Å². The van der Waals surface area contributed by atoms with Crippen molar-refractivity contribution >= 4 is 70.0 Å². The molecule has 10 aromatic heterocycles. The predicted octanol–water partition coefficient (Wildman–Crippen LogP) is 13.1. The maximum Gasteiger partial charge on any atom is 0.373 e. The molecule has 0 aromatic carbocycles. The maximum absolute atomic E-state index is 8.12. The molecule has 2 aliphatic rings. The highest BCUT2D eigenvalue weighted by Gasteiger charge is 2.31. The zero-order valence-electron chi connectivity index (χ0n) is 46.5. The van der Waals surface area contributed by atoms with Gasteiger partial charge in [-0.1, -0.05) is 27.7 Å². The SMILES string of the molecule is CCc1ccnc(-c2cc(CC)cc(-c3cc(-c4ccc(-c5ccc(C)s5)s4)ccn3)n2)c1.CCc1ccnc(-c2cc(CC)cc(-c3cc(-c4sc(-c5scc6c5OCCO6)c5c4OCCO5)ccn3)n2)c1.O=C=O.O=C=O.O=C=O.O=C=O. The summed E-state index contributed by atoms with van der Waals surface area (Å²) in [6, 6.07) is 34.0. The molecule has 85 heavy (non-hydrogen) atoms. The number of fused-ring (bicyclic) bond motifs is 2. The van der Waals surface area contributed by atoms with Gasteiger partial charge in [-0.25, -0.2) is 9.97 Å². The van der Waals surface area contributed by atoms with Gasteiger partial charge >= 0.3 is 24.6 Å². The van der Waals surface area contributed by atoms with Crippen LogP contribution < -0.4 is 18.9 Å². The fourth-order valence-corrected chi connectivity index (χ4v) is 12.9. The Labute approximate surface area is 504 Å². The minimum atomic E-state index is 0.250. The highest BCUT2D eigenvalue weighted by molar-refractivity contribution is 7.24. The van der Waals surface area contributed by atoms with Crippen LogP contribution in [-0.4, -0.2) is 80.9 Å². The first-order chi connectivity index (χ1) is 41.5. The Kier molecular flexibility index (Phi) is 23.5. The van der Waals surface area contributed by atoms with Crippen molar-refractivity contribution in [2.24, 2.45) is 0 Å². The van der Waals surface area contributed by atoms with Gasteiger partial charge in [-0.3, -0.25) is 19.9 Å². The van der Waals surface area contributed by atoms with Crippen LogP contribution in [0.2, 0.25) is 0 Å². The normalized spacial score (nSPS) is 11.2. The number of aryl methyl sites for hydroxylation is 5. The number of aromatic nitrogens is 6. The summed E-state index contributed by atoms with van der Waals surface area (Å²) in [5, 5.41) is 2.00. The van der Waals surface area contributed by atoms with Gasteiger partial charge in [0.25, 0.3) is 0 Å². The number of thiophene rings is 4. The summed E-state index contributed by atoms with van der Waals surface area (Å²) >= 11 is 6.90. The van der Waals surface area contributed by atoms with Crippen LogP contribution in [-0.2, 0) is 64.0 Å². The number of hydrogen-bond donors (Lipinski definition) is 0. The summed E-state index contributed by atoms with van der Waals surface area (Å²) in [6.07, 6.45) is 12.2. The molecular weight excluding hydrogens is 1160 g/mol. The highest BCUT2D eigenvalue weighted by atomic mass is 32.1. The van der Waals surface area contributed by atoms with Gasteiger partial charge in [0.1, 0.15) is 26.4 Å². The lowest BCUT2D eigenvalue weighted by atomic mass is 10.1. The quantitative estimate of drug-likeness (QED) is 0.110. The number of ether oxygens (including phenoxy) is 4. The van der Waals surface area contributed by atoms with Crippen molar-refractivity contribution in [3.05, 3.63) is 154 Å². The fraction of sp³-hybridized carbons (Fsp3) is 0.206. The Bertz CT molecular complexity index is 3990. The third-order valence-corrected chi connectivity index (χ3v) is 17.3. The molecule has 2 aliphatic heterocycles. The monoisotopic (exact) mass is 1210 g/mol. The Morgan fingerprint density at radius 2 is 0.776 bits per heavy atom. The van der Waals surface area contributed by atoms with Crippen molar-refractivity contribution in [1.29, 1.82) is 0 Å². The van der Waals surface area contributed by atoms with E-state index in [-0.39, 0.29) is 24.6 Å². The number of rotatable bonds is 12. The zero-order chi connectivity index (χ0) is 60.7. The van der Waals surface area contributed by atoms with Crippen molar-refractivity contribution in [2.75, 3.05) is 26.4 Å². The van der Waals surface area contributed by atoms with E-state index < -0.39 is 0 Å². The molecule has 0 amide bonds. The van der Waals surface area contributed by atoms with E-state index in [2.05, 4.69) is 134 Å². The van der Waals surface area contributed by atoms with Gasteiger partial charge in [-0.15, -0.1) is 45.3 Å². The molecule has 0 aliphatic carbocycles. The van der Waals surface area contributed by atoms with Crippen LogP contribution in [0.25, 0.3) is 85.9 Å². The van der Waals surface area contributed by atoms with Crippen molar-refractivity contribution in [3.63, 3.8) is 0 Å². The molecule has 0 radical (unpaired) electrons. The van der Waals surface area contributed by atoms with E-state index in [9.17, 15) is 0 Å². The molecule has 0 fully saturated rings. The highest BCUT2D eigenvalue weighted by Crippen LogP contribution is 2.58. The molecule has 0 bridgehead atoms. The smallest absolute Gasteiger partial charge is 0.373 e. The molecule has 0 spiro atoms. The zero-order valence-corrected chi connectivity index (χ0v) is 49.8. The first-order valence-electron chi connectivity index (χ1n) is 26.3. The number of pyridine rings is 6. The Morgan fingerprint density at radius 3 is 1.26 bits per heavy atom. The predicted molar refractivity (Wildman–Crippen MR) is 319 cm³/mol. The Hall–Kier alpha value is -9.58. The summed E-state index contributed by atoms with van der Waals surface area (Å²) in [4.78, 5) is 102. The summed E-state index contributed by atoms with van der Waals surface area (Å²) in [5.41, 5.74) is 14.0. The summed E-state index contributed by atoms with van der Waals surface area (Å²) in [5.74, 6) is 3.09. The average molecular weight is 1210 g/mol. The molecule has 0 saturated carbocycles. The lowest BCUT2D eigenvalue weighted by Gasteiger charge is -2.18. The second kappa shape index (κ2) is 31.7. The lowest BCUT2D eigenvalue weighted by molar-refractivity contribution is -0.193. The standard InChI is InChI=1S/C31H27N3O4S2.C28H25N3S2.4CO2/c1-3-18-5-7-32-21(13-18)23-14-19(4-2)15-24(34-23)22-16-20(6-8-33-22)29-27-28(38-12-11-37-27)31(40-29)30-26-25(17-39-30)35-9-10-36-26;1-4-19-10-12-29-22(14-19)24-15-20(5-2)16-25(31-24)23-17-21(11-13-30-23)26-8-9-28(33-26)27-7-6-18(3)32-27;4*2-1-3/h5-8,13-17H,3-4,9-12H2,1-2H3;6-17H,4-5H2,1-3H3;;;;. The van der Waals surface area contributed by atoms with Gasteiger partial charge < -0.3 is 18.9 Å². The summed E-state index contributed by atoms with van der Waals surface area (Å²) < 4.78 is 24.1. The minimum absolute atomic E-state index is 0.250. The number of hydrogen-bond acceptors (Lipinski definition) is 22. The Balaban J connectivity index is 0.000000208. The van der Waals surface area contributed by atoms with Gasteiger partial charge in [0, 0.05) is 49.7 Å². The first kappa shape index (κ1) is 63.0. The van der Waals surface area contributed by atoms with E-state index in [1.807, 2.05) is 65.0 Å². The minimum Gasteiger partial charge on any atom is -0.485 e.